The molecule has 23 heavy (non-hydrogen) atoms. The van der Waals surface area contributed by atoms with Gasteiger partial charge in [-0.25, -0.2) is 4.79 Å². The van der Waals surface area contributed by atoms with Gasteiger partial charge in [-0.1, -0.05) is 0 Å². The number of nitrogens with one attached hydrogen (secondary N) is 2. The minimum Gasteiger partial charge on any atom is -0.396 e. The number of aryl methyl sites for hydroxylation is 1. The molecule has 3 rings (SSSR count). The molecule has 1 saturated heterocycles. The normalized spacial score (nSPS) is 26.1. The number of carbonyl (C=O) groups is 1. The Morgan fingerprint density at radius 2 is 2.09 bits per heavy atom. The number of aliphatic hydroxyl groups is 1. The number of nitrogens with zero attached hydrogens (tertiary/aromatic N) is 2. The number of carbonyl (C=O) groups excluding carboxylic acids is 1. The van der Waals surface area contributed by atoms with Crippen LogP contribution in [0.2, 0.25) is 0 Å². The van der Waals surface area contributed by atoms with Gasteiger partial charge >= 0.3 is 5.69 Å². The van der Waals surface area contributed by atoms with Crippen molar-refractivity contribution < 1.29 is 9.90 Å². The third-order valence-electron chi connectivity index (χ3n) is 4.93. The number of aromatic amines is 1. The van der Waals surface area contributed by atoms with Gasteiger partial charge in [0.1, 0.15) is 5.56 Å². The van der Waals surface area contributed by atoms with Crippen LogP contribution in [-0.2, 0) is 7.05 Å². The molecule has 0 spiro atoms. The number of H-pyrrole nitrogens is 1. The van der Waals surface area contributed by atoms with Crippen LogP contribution in [0.15, 0.2) is 15.8 Å². The summed E-state index contributed by atoms with van der Waals surface area (Å²) in [5.41, 5.74) is -1.23. The Kier molecular flexibility index (Phi) is 4.36. The monoisotopic (exact) mass is 322 g/mol. The number of rotatable bonds is 6. The molecular weight excluding hydrogens is 300 g/mol. The molecule has 1 saturated carbocycles. The van der Waals surface area contributed by atoms with Crippen molar-refractivity contribution in [2.24, 2.45) is 24.8 Å². The number of hydrogen-bond acceptors (Lipinski definition) is 5. The van der Waals surface area contributed by atoms with Crippen molar-refractivity contribution in [3.8, 4) is 0 Å². The van der Waals surface area contributed by atoms with Gasteiger partial charge in [0, 0.05) is 46.0 Å². The van der Waals surface area contributed by atoms with Gasteiger partial charge < -0.3 is 19.9 Å². The lowest BCUT2D eigenvalue weighted by molar-refractivity contribution is 0.0946. The first kappa shape index (κ1) is 15.9. The van der Waals surface area contributed by atoms with E-state index in [9.17, 15) is 14.4 Å². The quantitative estimate of drug-likeness (QED) is 0.582. The van der Waals surface area contributed by atoms with Crippen LogP contribution in [0.1, 0.15) is 16.8 Å². The Morgan fingerprint density at radius 3 is 2.74 bits per heavy atom. The summed E-state index contributed by atoms with van der Waals surface area (Å²) in [4.78, 5) is 39.5. The molecule has 8 nitrogen and oxygen atoms in total. The predicted molar refractivity (Wildman–Crippen MR) is 83.2 cm³/mol. The standard InChI is InChI=1S/C15H22N4O4/c1-18-6-12(14(22)17-15(18)23)13(21)16-5-9-10-7-19(3-2-4-20)8-11(9)10/h6,9-11,20H,2-5,7-8H2,1H3,(H,16,21)(H,17,22,23). The molecular formula is C15H22N4O4. The summed E-state index contributed by atoms with van der Waals surface area (Å²) in [5, 5.41) is 11.6. The van der Waals surface area contributed by atoms with Crippen molar-refractivity contribution in [2.45, 2.75) is 6.42 Å². The largest absolute Gasteiger partial charge is 0.396 e. The summed E-state index contributed by atoms with van der Waals surface area (Å²) in [6, 6.07) is 0. The highest BCUT2D eigenvalue weighted by Gasteiger charge is 2.54. The second-order valence-corrected chi connectivity index (χ2v) is 6.45. The zero-order chi connectivity index (χ0) is 16.6. The fraction of sp³-hybridized carbons (Fsp3) is 0.667. The van der Waals surface area contributed by atoms with Crippen LogP contribution in [0.5, 0.6) is 0 Å². The summed E-state index contributed by atoms with van der Waals surface area (Å²) >= 11 is 0. The van der Waals surface area contributed by atoms with Crippen LogP contribution in [0.4, 0.5) is 0 Å². The van der Waals surface area contributed by atoms with Gasteiger partial charge in [0.15, 0.2) is 0 Å². The maximum Gasteiger partial charge on any atom is 0.328 e. The summed E-state index contributed by atoms with van der Waals surface area (Å²) in [5.74, 6) is 1.24. The third kappa shape index (κ3) is 3.23. The van der Waals surface area contributed by atoms with E-state index in [1.807, 2.05) is 0 Å². The Balaban J connectivity index is 1.50. The summed E-state index contributed by atoms with van der Waals surface area (Å²) in [7, 11) is 1.49. The molecule has 2 heterocycles. The number of aromatic nitrogens is 2. The van der Waals surface area contributed by atoms with Crippen LogP contribution < -0.4 is 16.6 Å². The Labute approximate surface area is 133 Å². The number of likely N-dealkylation sites (tertiary alicyclic amines) is 1. The molecule has 2 aliphatic rings. The van der Waals surface area contributed by atoms with Gasteiger partial charge in [-0.05, 0) is 24.2 Å². The topological polar surface area (TPSA) is 107 Å². The van der Waals surface area contributed by atoms with E-state index in [1.165, 1.54) is 17.8 Å². The minimum atomic E-state index is -0.656. The van der Waals surface area contributed by atoms with Crippen LogP contribution in [0.25, 0.3) is 0 Å². The maximum absolute atomic E-state index is 12.1. The third-order valence-corrected chi connectivity index (χ3v) is 4.93. The fourth-order valence-electron chi connectivity index (χ4n) is 3.55. The van der Waals surface area contributed by atoms with Crippen LogP contribution in [0.3, 0.4) is 0 Å². The number of piperidine rings is 1. The van der Waals surface area contributed by atoms with E-state index in [2.05, 4.69) is 15.2 Å². The van der Waals surface area contributed by atoms with Gasteiger partial charge in [0.2, 0.25) is 0 Å². The molecule has 3 N–H and O–H groups in total. The van der Waals surface area contributed by atoms with Gasteiger partial charge in [-0.2, -0.15) is 0 Å². The lowest BCUT2D eigenvalue weighted by atomic mass is 10.2. The molecule has 1 aromatic rings. The average molecular weight is 322 g/mol. The van der Waals surface area contributed by atoms with Crippen LogP contribution in [0, 0.1) is 17.8 Å². The molecule has 0 aromatic carbocycles. The lowest BCUT2D eigenvalue weighted by Crippen LogP contribution is -2.37. The van der Waals surface area contributed by atoms with Crippen molar-refractivity contribution in [3.63, 3.8) is 0 Å². The molecule has 1 aliphatic heterocycles. The van der Waals surface area contributed by atoms with Crippen molar-refractivity contribution >= 4 is 5.91 Å². The SMILES string of the molecule is Cn1cc(C(=O)NCC2C3CN(CCCO)CC23)c(=O)[nH]c1=O. The first-order chi connectivity index (χ1) is 11.0. The van der Waals surface area contributed by atoms with Crippen molar-refractivity contribution in [3.05, 3.63) is 32.6 Å². The lowest BCUT2D eigenvalue weighted by Gasteiger charge is -2.18. The predicted octanol–water partition coefficient (Wildman–Crippen LogP) is -1.64. The van der Waals surface area contributed by atoms with Crippen LogP contribution in [-0.4, -0.2) is 58.3 Å². The number of hydrogen-bond donors (Lipinski definition) is 3. The highest BCUT2D eigenvalue weighted by atomic mass is 16.3. The Morgan fingerprint density at radius 1 is 1.39 bits per heavy atom. The van der Waals surface area contributed by atoms with E-state index < -0.39 is 17.2 Å². The molecule has 0 bridgehead atoms. The first-order valence-electron chi connectivity index (χ1n) is 7.92. The van der Waals surface area contributed by atoms with E-state index in [1.54, 1.807) is 0 Å². The van der Waals surface area contributed by atoms with E-state index in [-0.39, 0.29) is 12.2 Å². The molecule has 2 atom stereocenters. The molecule has 126 valence electrons. The smallest absolute Gasteiger partial charge is 0.328 e. The molecule has 0 radical (unpaired) electrons. The number of amides is 1. The maximum atomic E-state index is 12.1. The van der Waals surface area contributed by atoms with Crippen LogP contribution >= 0.6 is 0 Å². The molecule has 8 heteroatoms. The van der Waals surface area contributed by atoms with E-state index >= 15 is 0 Å². The summed E-state index contributed by atoms with van der Waals surface area (Å²) < 4.78 is 1.18. The number of fused-ring (bicyclic) bond motifs is 1. The van der Waals surface area contributed by atoms with Gasteiger partial charge in [0.25, 0.3) is 11.5 Å². The molecule has 1 aromatic heterocycles. The Hall–Kier alpha value is -1.93. The zero-order valence-corrected chi connectivity index (χ0v) is 13.1. The van der Waals surface area contributed by atoms with Gasteiger partial charge in [0.05, 0.1) is 0 Å². The second-order valence-electron chi connectivity index (χ2n) is 6.45. The highest BCUT2D eigenvalue weighted by Crippen LogP contribution is 2.51. The highest BCUT2D eigenvalue weighted by molar-refractivity contribution is 5.93. The minimum absolute atomic E-state index is 0.0394. The summed E-state index contributed by atoms with van der Waals surface area (Å²) in [6.45, 7) is 3.75. The second kappa shape index (κ2) is 6.29. The molecule has 2 unspecified atom stereocenters. The Bertz CT molecular complexity index is 698. The fourth-order valence-corrected chi connectivity index (χ4v) is 3.55. The van der Waals surface area contributed by atoms with E-state index in [0.29, 0.717) is 24.3 Å². The van der Waals surface area contributed by atoms with Gasteiger partial charge in [-0.15, -0.1) is 0 Å². The first-order valence-corrected chi connectivity index (χ1v) is 7.92. The van der Waals surface area contributed by atoms with Gasteiger partial charge in [-0.3, -0.25) is 14.6 Å². The average Bonchev–Trinajstić information content (AvgIpc) is 2.97. The molecule has 1 aliphatic carbocycles. The van der Waals surface area contributed by atoms with E-state index in [0.717, 1.165) is 26.1 Å². The zero-order valence-electron chi connectivity index (χ0n) is 13.1. The summed E-state index contributed by atoms with van der Waals surface area (Å²) in [6.07, 6.45) is 2.07. The molecule has 1 amide bonds. The van der Waals surface area contributed by atoms with Crippen molar-refractivity contribution in [2.75, 3.05) is 32.8 Å². The molecule has 2 fully saturated rings. The van der Waals surface area contributed by atoms with Crippen molar-refractivity contribution in [1.82, 2.24) is 19.8 Å². The number of aliphatic hydroxyl groups excluding tert-OH is 1. The van der Waals surface area contributed by atoms with E-state index in [4.69, 9.17) is 5.11 Å². The van der Waals surface area contributed by atoms with Crippen molar-refractivity contribution in [1.29, 1.82) is 0 Å².